The van der Waals surface area contributed by atoms with Gasteiger partial charge < -0.3 is 4.74 Å². The number of nitrogens with zero attached hydrogens (tertiary/aromatic N) is 3. The molecule has 10 rings (SSSR count). The normalized spacial score (nSPS) is 20.2. The number of ether oxygens (including phenoxy) is 1. The Morgan fingerprint density at radius 3 is 2.27 bits per heavy atom. The molecular formula is C41H37N3O+2. The molecular weight excluding hydrogens is 550 g/mol. The van der Waals surface area contributed by atoms with Crippen LogP contribution < -0.4 is 13.9 Å². The van der Waals surface area contributed by atoms with Crippen LogP contribution in [-0.2, 0) is 16.4 Å². The van der Waals surface area contributed by atoms with Crippen LogP contribution in [0.5, 0.6) is 11.5 Å². The number of hydrogen-bond acceptors (Lipinski definition) is 1. The number of pyridine rings is 1. The van der Waals surface area contributed by atoms with Gasteiger partial charge in [-0.3, -0.25) is 0 Å². The molecule has 4 heteroatoms. The van der Waals surface area contributed by atoms with Crippen LogP contribution in [0.15, 0.2) is 91.1 Å². The summed E-state index contributed by atoms with van der Waals surface area (Å²) >= 11 is 0. The highest BCUT2D eigenvalue weighted by Crippen LogP contribution is 2.61. The molecule has 2 aromatic heterocycles. The summed E-state index contributed by atoms with van der Waals surface area (Å²) in [5, 5.41) is 0. The second kappa shape index (κ2) is 7.92. The van der Waals surface area contributed by atoms with Crippen molar-refractivity contribution < 1.29 is 13.9 Å². The summed E-state index contributed by atoms with van der Waals surface area (Å²) in [7, 11) is 0. The summed E-state index contributed by atoms with van der Waals surface area (Å²) in [6.07, 6.45) is 4.61. The lowest BCUT2D eigenvalue weighted by Crippen LogP contribution is -2.58. The Labute approximate surface area is 264 Å². The van der Waals surface area contributed by atoms with Crippen molar-refractivity contribution in [2.45, 2.75) is 70.8 Å². The van der Waals surface area contributed by atoms with E-state index in [0.717, 1.165) is 29.9 Å². The van der Waals surface area contributed by atoms with Crippen LogP contribution in [0.1, 0.15) is 79.7 Å². The SMILES string of the molecule is Cc1cccc(C)c1-n1c2[n+]3c4c(cccc41)Oc1cc4c(c(c1-3)C21c2ccccc2-c2cccc[n+]21)C(C)(C)CCC4(C)C. The number of benzene rings is 4. The standard InChI is InChI=1S/C41H37N3O/c1-24-13-11-14-25(2)35(24)43-30-18-12-19-31-36(30)44-37-32(45-31)23-28-33(40(5,6)21-20-39(28,3)4)34(37)41(38(43)44)27-16-8-7-15-26(27)29-17-9-10-22-42(29)41/h7-19,22-23H,20-21H2,1-6H3/q+2. The van der Waals surface area contributed by atoms with Gasteiger partial charge in [0.25, 0.3) is 0 Å². The summed E-state index contributed by atoms with van der Waals surface area (Å²) < 4.78 is 14.8. The molecule has 45 heavy (non-hydrogen) atoms. The number of aryl methyl sites for hydroxylation is 2. The Morgan fingerprint density at radius 1 is 0.711 bits per heavy atom. The zero-order valence-electron chi connectivity index (χ0n) is 26.8. The van der Waals surface area contributed by atoms with Gasteiger partial charge in [-0.05, 0) is 90.1 Å². The molecule has 4 aliphatic rings. The van der Waals surface area contributed by atoms with Crippen molar-refractivity contribution >= 4 is 11.0 Å². The summed E-state index contributed by atoms with van der Waals surface area (Å²) in [5.74, 6) is 3.16. The second-order valence-electron chi connectivity index (χ2n) is 15.0. The minimum Gasteiger partial charge on any atom is -0.448 e. The van der Waals surface area contributed by atoms with Crippen LogP contribution in [-0.4, -0.2) is 4.57 Å². The molecule has 1 unspecified atom stereocenters. The molecule has 0 saturated carbocycles. The number of fused-ring (bicyclic) bond motifs is 9. The third-order valence-corrected chi connectivity index (χ3v) is 11.5. The Bertz CT molecular complexity index is 2270. The average Bonchev–Trinajstić information content (AvgIpc) is 3.63. The maximum Gasteiger partial charge on any atom is 0.352 e. The number of aromatic nitrogens is 3. The predicted octanol–water partition coefficient (Wildman–Crippen LogP) is 8.40. The van der Waals surface area contributed by atoms with Crippen molar-refractivity contribution in [3.05, 3.63) is 130 Å². The van der Waals surface area contributed by atoms with Crippen LogP contribution in [0.2, 0.25) is 0 Å². The predicted molar refractivity (Wildman–Crippen MR) is 177 cm³/mol. The maximum absolute atomic E-state index is 7.04. The lowest BCUT2D eigenvalue weighted by molar-refractivity contribution is -0.733. The van der Waals surface area contributed by atoms with Crippen LogP contribution in [0.25, 0.3) is 33.7 Å². The Balaban J connectivity index is 1.54. The van der Waals surface area contributed by atoms with Crippen molar-refractivity contribution in [3.63, 3.8) is 0 Å². The van der Waals surface area contributed by atoms with E-state index >= 15 is 0 Å². The van der Waals surface area contributed by atoms with E-state index in [-0.39, 0.29) is 10.8 Å². The minimum absolute atomic E-state index is 0.0151. The fraction of sp³-hybridized carbons (Fsp3) is 0.268. The molecule has 220 valence electrons. The lowest BCUT2D eigenvalue weighted by Gasteiger charge is -2.43. The van der Waals surface area contributed by atoms with E-state index in [1.54, 1.807) is 0 Å². The Kier molecular flexibility index (Phi) is 4.51. The van der Waals surface area contributed by atoms with E-state index in [1.807, 2.05) is 0 Å². The van der Waals surface area contributed by atoms with Gasteiger partial charge in [0.2, 0.25) is 11.2 Å². The smallest absolute Gasteiger partial charge is 0.352 e. The van der Waals surface area contributed by atoms with Gasteiger partial charge in [-0.1, -0.05) is 70.2 Å². The van der Waals surface area contributed by atoms with Crippen LogP contribution in [0.4, 0.5) is 0 Å². The van der Waals surface area contributed by atoms with E-state index in [2.05, 4.69) is 146 Å². The highest BCUT2D eigenvalue weighted by atomic mass is 16.5. The molecule has 0 fully saturated rings. The lowest BCUT2D eigenvalue weighted by atomic mass is 9.60. The van der Waals surface area contributed by atoms with Gasteiger partial charge in [0.15, 0.2) is 28.9 Å². The molecule has 1 spiro atoms. The van der Waals surface area contributed by atoms with E-state index in [1.165, 1.54) is 67.4 Å². The van der Waals surface area contributed by atoms with Crippen LogP contribution in [0.3, 0.4) is 0 Å². The average molecular weight is 588 g/mol. The maximum atomic E-state index is 7.04. The third kappa shape index (κ3) is 2.78. The van der Waals surface area contributed by atoms with E-state index in [4.69, 9.17) is 4.74 Å². The molecule has 0 saturated heterocycles. The van der Waals surface area contributed by atoms with E-state index in [9.17, 15) is 0 Å². The van der Waals surface area contributed by atoms with Crippen LogP contribution in [0, 0.1) is 13.8 Å². The fourth-order valence-electron chi connectivity index (χ4n) is 9.49. The minimum atomic E-state index is -0.605. The Hall–Kier alpha value is -4.70. The van der Waals surface area contributed by atoms with Crippen LogP contribution >= 0.6 is 0 Å². The van der Waals surface area contributed by atoms with Gasteiger partial charge in [-0.2, -0.15) is 13.7 Å². The van der Waals surface area contributed by atoms with Gasteiger partial charge in [0.05, 0.1) is 16.7 Å². The molecule has 1 atom stereocenters. The zero-order valence-corrected chi connectivity index (χ0v) is 26.8. The van der Waals surface area contributed by atoms with Crippen molar-refractivity contribution in [1.29, 1.82) is 0 Å². The van der Waals surface area contributed by atoms with Crippen molar-refractivity contribution in [3.8, 4) is 34.1 Å². The first-order valence-corrected chi connectivity index (χ1v) is 16.3. The van der Waals surface area contributed by atoms with Gasteiger partial charge >= 0.3 is 11.4 Å². The highest BCUT2D eigenvalue weighted by molar-refractivity contribution is 5.88. The third-order valence-electron chi connectivity index (χ3n) is 11.5. The quantitative estimate of drug-likeness (QED) is 0.177. The van der Waals surface area contributed by atoms with Crippen molar-refractivity contribution in [1.82, 2.24) is 4.57 Å². The largest absolute Gasteiger partial charge is 0.448 e. The van der Waals surface area contributed by atoms with Gasteiger partial charge in [-0.15, -0.1) is 0 Å². The second-order valence-corrected chi connectivity index (χ2v) is 15.0. The fourth-order valence-corrected chi connectivity index (χ4v) is 9.49. The molecule has 0 bridgehead atoms. The number of hydrogen-bond donors (Lipinski definition) is 0. The molecule has 3 aliphatic heterocycles. The van der Waals surface area contributed by atoms with Gasteiger partial charge in [0, 0.05) is 12.1 Å². The van der Waals surface area contributed by atoms with Crippen molar-refractivity contribution in [2.75, 3.05) is 0 Å². The monoisotopic (exact) mass is 587 g/mol. The van der Waals surface area contributed by atoms with Gasteiger partial charge in [0.1, 0.15) is 5.69 Å². The highest BCUT2D eigenvalue weighted by Gasteiger charge is 2.71. The summed E-state index contributed by atoms with van der Waals surface area (Å²) in [6.45, 7) is 14.3. The first kappa shape index (κ1) is 25.6. The number of para-hydroxylation sites is 2. The van der Waals surface area contributed by atoms with Crippen molar-refractivity contribution in [2.24, 2.45) is 0 Å². The molecule has 0 N–H and O–H groups in total. The van der Waals surface area contributed by atoms with E-state index < -0.39 is 5.54 Å². The number of imidazole rings is 1. The molecule has 0 amide bonds. The molecule has 6 aromatic rings. The van der Waals surface area contributed by atoms with Gasteiger partial charge in [-0.25, -0.2) is 0 Å². The summed E-state index contributed by atoms with van der Waals surface area (Å²) in [5.41, 5.74) is 14.9. The summed E-state index contributed by atoms with van der Waals surface area (Å²) in [4.78, 5) is 0. The molecule has 5 heterocycles. The topological polar surface area (TPSA) is 21.9 Å². The molecule has 0 radical (unpaired) electrons. The molecule has 1 aliphatic carbocycles. The Morgan fingerprint density at radius 2 is 1.44 bits per heavy atom. The molecule has 4 aromatic carbocycles. The first-order chi connectivity index (χ1) is 21.7. The molecule has 4 nitrogen and oxygen atoms in total. The first-order valence-electron chi connectivity index (χ1n) is 16.3. The zero-order chi connectivity index (χ0) is 30.6. The number of rotatable bonds is 1. The summed E-state index contributed by atoms with van der Waals surface area (Å²) in [6, 6.07) is 31.5. The van der Waals surface area contributed by atoms with E-state index in [0.29, 0.717) is 0 Å².